The molecule has 1 aliphatic heterocycles. The number of nitriles is 1. The summed E-state index contributed by atoms with van der Waals surface area (Å²) in [6.45, 7) is 5.04. The molecule has 1 aromatic rings. The van der Waals surface area contributed by atoms with E-state index in [1.165, 1.54) is 0 Å². The highest BCUT2D eigenvalue weighted by molar-refractivity contribution is 9.10. The van der Waals surface area contributed by atoms with E-state index in [1.54, 1.807) is 6.07 Å². The SMILES string of the molecule is CC1(C)C(=O)NCCN1c1ccc(Br)cc1C#N. The van der Waals surface area contributed by atoms with E-state index in [4.69, 9.17) is 0 Å². The molecule has 1 amide bonds. The van der Waals surface area contributed by atoms with E-state index < -0.39 is 5.54 Å². The summed E-state index contributed by atoms with van der Waals surface area (Å²) in [5.41, 5.74) is 0.741. The maximum atomic E-state index is 11.9. The minimum atomic E-state index is -0.641. The van der Waals surface area contributed by atoms with Crippen molar-refractivity contribution < 1.29 is 4.79 Å². The molecule has 5 heteroatoms. The molecule has 1 saturated heterocycles. The monoisotopic (exact) mass is 307 g/mol. The number of piperazine rings is 1. The van der Waals surface area contributed by atoms with Crippen molar-refractivity contribution in [3.8, 4) is 6.07 Å². The van der Waals surface area contributed by atoms with Gasteiger partial charge in [-0.3, -0.25) is 4.79 Å². The van der Waals surface area contributed by atoms with E-state index in [0.29, 0.717) is 18.7 Å². The molecule has 94 valence electrons. The fourth-order valence-electron chi connectivity index (χ4n) is 2.15. The highest BCUT2D eigenvalue weighted by atomic mass is 79.9. The third-order valence-electron chi connectivity index (χ3n) is 3.22. The molecule has 0 radical (unpaired) electrons. The first-order valence-electron chi connectivity index (χ1n) is 5.72. The van der Waals surface area contributed by atoms with Crippen LogP contribution in [0, 0.1) is 11.3 Å². The molecule has 0 unspecified atom stereocenters. The van der Waals surface area contributed by atoms with Gasteiger partial charge in [-0.1, -0.05) is 15.9 Å². The van der Waals surface area contributed by atoms with Gasteiger partial charge < -0.3 is 10.2 Å². The topological polar surface area (TPSA) is 56.1 Å². The highest BCUT2D eigenvalue weighted by Crippen LogP contribution is 2.30. The smallest absolute Gasteiger partial charge is 0.245 e. The van der Waals surface area contributed by atoms with Gasteiger partial charge in [0.15, 0.2) is 0 Å². The number of anilines is 1. The van der Waals surface area contributed by atoms with Gasteiger partial charge in [0.25, 0.3) is 0 Å². The lowest BCUT2D eigenvalue weighted by atomic mass is 9.97. The lowest BCUT2D eigenvalue weighted by molar-refractivity contribution is -0.126. The summed E-state index contributed by atoms with van der Waals surface area (Å²) in [7, 11) is 0. The second-order valence-corrected chi connectivity index (χ2v) is 5.66. The van der Waals surface area contributed by atoms with Crippen molar-refractivity contribution in [2.45, 2.75) is 19.4 Å². The maximum Gasteiger partial charge on any atom is 0.245 e. The second-order valence-electron chi connectivity index (χ2n) is 4.74. The Morgan fingerprint density at radius 1 is 1.50 bits per heavy atom. The first-order valence-corrected chi connectivity index (χ1v) is 6.51. The van der Waals surface area contributed by atoms with Crippen LogP contribution in [0.15, 0.2) is 22.7 Å². The van der Waals surface area contributed by atoms with Crippen molar-refractivity contribution in [3.05, 3.63) is 28.2 Å². The molecular weight excluding hydrogens is 294 g/mol. The minimum Gasteiger partial charge on any atom is -0.355 e. The molecule has 1 aliphatic rings. The van der Waals surface area contributed by atoms with Gasteiger partial charge in [-0.25, -0.2) is 0 Å². The summed E-state index contributed by atoms with van der Waals surface area (Å²) in [5, 5.41) is 12.1. The van der Waals surface area contributed by atoms with Crippen LogP contribution in [0.4, 0.5) is 5.69 Å². The fourth-order valence-corrected chi connectivity index (χ4v) is 2.52. The zero-order valence-electron chi connectivity index (χ0n) is 10.3. The molecule has 0 spiro atoms. The number of nitrogens with one attached hydrogen (secondary N) is 1. The maximum absolute atomic E-state index is 11.9. The zero-order valence-corrected chi connectivity index (χ0v) is 11.9. The lowest BCUT2D eigenvalue weighted by Crippen LogP contribution is -2.62. The largest absolute Gasteiger partial charge is 0.355 e. The van der Waals surface area contributed by atoms with Crippen molar-refractivity contribution in [3.63, 3.8) is 0 Å². The van der Waals surface area contributed by atoms with E-state index in [0.717, 1.165) is 10.2 Å². The number of hydrogen-bond acceptors (Lipinski definition) is 3. The average molecular weight is 308 g/mol. The molecular formula is C13H14BrN3O. The van der Waals surface area contributed by atoms with Crippen molar-refractivity contribution >= 4 is 27.5 Å². The van der Waals surface area contributed by atoms with Gasteiger partial charge >= 0.3 is 0 Å². The Morgan fingerprint density at radius 2 is 2.22 bits per heavy atom. The predicted octanol–water partition coefficient (Wildman–Crippen LogP) is 2.04. The lowest BCUT2D eigenvalue weighted by Gasteiger charge is -2.43. The van der Waals surface area contributed by atoms with Crippen LogP contribution in [0.1, 0.15) is 19.4 Å². The van der Waals surface area contributed by atoms with Crippen molar-refractivity contribution in [1.82, 2.24) is 5.32 Å². The van der Waals surface area contributed by atoms with Crippen molar-refractivity contribution in [1.29, 1.82) is 5.26 Å². The molecule has 0 atom stereocenters. The number of amides is 1. The summed E-state index contributed by atoms with van der Waals surface area (Å²) < 4.78 is 0.863. The third kappa shape index (κ3) is 2.08. The normalized spacial score (nSPS) is 18.1. The number of carbonyl (C=O) groups is 1. The number of hydrogen-bond donors (Lipinski definition) is 1. The van der Waals surface area contributed by atoms with Gasteiger partial charge in [-0.05, 0) is 32.0 Å². The van der Waals surface area contributed by atoms with Crippen LogP contribution in [0.3, 0.4) is 0 Å². The quantitative estimate of drug-likeness (QED) is 0.864. The first kappa shape index (κ1) is 12.9. The number of nitrogens with zero attached hydrogens (tertiary/aromatic N) is 2. The van der Waals surface area contributed by atoms with Gasteiger partial charge in [0, 0.05) is 17.6 Å². The van der Waals surface area contributed by atoms with Gasteiger partial charge in [0.1, 0.15) is 11.6 Å². The number of halogens is 1. The van der Waals surface area contributed by atoms with Crippen LogP contribution in [-0.4, -0.2) is 24.5 Å². The molecule has 0 bridgehead atoms. The van der Waals surface area contributed by atoms with E-state index >= 15 is 0 Å². The molecule has 18 heavy (non-hydrogen) atoms. The Morgan fingerprint density at radius 3 is 2.89 bits per heavy atom. The second kappa shape index (κ2) is 4.62. The van der Waals surface area contributed by atoms with E-state index in [2.05, 4.69) is 27.3 Å². The van der Waals surface area contributed by atoms with E-state index in [1.807, 2.05) is 30.9 Å². The first-order chi connectivity index (χ1) is 8.46. The molecule has 0 saturated carbocycles. The molecule has 1 heterocycles. The van der Waals surface area contributed by atoms with Crippen LogP contribution >= 0.6 is 15.9 Å². The minimum absolute atomic E-state index is 0.0134. The highest BCUT2D eigenvalue weighted by Gasteiger charge is 2.38. The summed E-state index contributed by atoms with van der Waals surface area (Å²) in [6.07, 6.45) is 0. The molecule has 1 aromatic carbocycles. The summed E-state index contributed by atoms with van der Waals surface area (Å²) in [6, 6.07) is 7.72. The van der Waals surface area contributed by atoms with Crippen molar-refractivity contribution in [2.75, 3.05) is 18.0 Å². The Hall–Kier alpha value is -1.54. The Balaban J connectivity index is 2.48. The number of rotatable bonds is 1. The average Bonchev–Trinajstić information content (AvgIpc) is 2.33. The zero-order chi connectivity index (χ0) is 13.3. The summed E-state index contributed by atoms with van der Waals surface area (Å²) in [5.74, 6) is -0.0134. The number of carbonyl (C=O) groups excluding carboxylic acids is 1. The number of benzene rings is 1. The Labute approximate surface area is 115 Å². The molecule has 2 rings (SSSR count). The van der Waals surface area contributed by atoms with Crippen LogP contribution < -0.4 is 10.2 Å². The van der Waals surface area contributed by atoms with Gasteiger partial charge in [-0.2, -0.15) is 5.26 Å². The van der Waals surface area contributed by atoms with Crippen LogP contribution in [0.25, 0.3) is 0 Å². The summed E-state index contributed by atoms with van der Waals surface area (Å²) in [4.78, 5) is 13.9. The Bertz CT molecular complexity index is 534. The molecule has 4 nitrogen and oxygen atoms in total. The molecule has 0 aliphatic carbocycles. The van der Waals surface area contributed by atoms with Crippen molar-refractivity contribution in [2.24, 2.45) is 0 Å². The molecule has 1 N–H and O–H groups in total. The van der Waals surface area contributed by atoms with E-state index in [-0.39, 0.29) is 5.91 Å². The van der Waals surface area contributed by atoms with Gasteiger partial charge in [0.05, 0.1) is 11.3 Å². The standard InChI is InChI=1S/C13H14BrN3O/c1-13(2)12(18)16-5-6-17(13)11-4-3-10(14)7-9(11)8-15/h3-4,7H,5-6H2,1-2H3,(H,16,18). The van der Waals surface area contributed by atoms with Gasteiger partial charge in [-0.15, -0.1) is 0 Å². The van der Waals surface area contributed by atoms with Crippen LogP contribution in [-0.2, 0) is 4.79 Å². The molecule has 1 fully saturated rings. The summed E-state index contributed by atoms with van der Waals surface area (Å²) >= 11 is 3.35. The van der Waals surface area contributed by atoms with Gasteiger partial charge in [0.2, 0.25) is 5.91 Å². The van der Waals surface area contributed by atoms with E-state index in [9.17, 15) is 10.1 Å². The Kier molecular flexibility index (Phi) is 3.31. The predicted molar refractivity (Wildman–Crippen MR) is 73.3 cm³/mol. The van der Waals surface area contributed by atoms with Crippen LogP contribution in [0.2, 0.25) is 0 Å². The molecule has 0 aromatic heterocycles. The fraction of sp³-hybridized carbons (Fsp3) is 0.385. The van der Waals surface area contributed by atoms with Crippen LogP contribution in [0.5, 0.6) is 0 Å². The third-order valence-corrected chi connectivity index (χ3v) is 3.71.